The Hall–Kier alpha value is -2.63. The van der Waals surface area contributed by atoms with Crippen LogP contribution in [-0.4, -0.2) is 37.8 Å². The van der Waals surface area contributed by atoms with Gasteiger partial charge in [0.2, 0.25) is 0 Å². The molecule has 1 aliphatic rings. The Morgan fingerprint density at radius 3 is 2.41 bits per heavy atom. The SMILES string of the molecule is CC[NH+]1CC[NH+](Cc2cc(=O)oc3cc(-c4ccccc4)c(O)cc23)CC1. The molecular weight excluding hydrogens is 340 g/mol. The number of piperazine rings is 1. The Labute approximate surface area is 158 Å². The second kappa shape index (κ2) is 7.55. The normalized spacial score (nSPS) is 20.0. The number of hydrogen-bond donors (Lipinski definition) is 3. The van der Waals surface area contributed by atoms with Gasteiger partial charge in [-0.3, -0.25) is 0 Å². The van der Waals surface area contributed by atoms with Gasteiger partial charge in [-0.15, -0.1) is 0 Å². The minimum Gasteiger partial charge on any atom is -0.507 e. The van der Waals surface area contributed by atoms with Crippen LogP contribution in [-0.2, 0) is 6.54 Å². The quantitative estimate of drug-likeness (QED) is 0.589. The second-order valence-corrected chi connectivity index (χ2v) is 7.35. The van der Waals surface area contributed by atoms with Crippen molar-refractivity contribution in [2.45, 2.75) is 13.5 Å². The van der Waals surface area contributed by atoms with E-state index < -0.39 is 0 Å². The van der Waals surface area contributed by atoms with E-state index in [0.717, 1.165) is 49.2 Å². The standard InChI is InChI=1S/C22H24N2O3/c1-2-23-8-10-24(11-9-23)15-17-12-22(26)27-21-14-18(20(25)13-19(17)21)16-6-4-3-5-7-16/h3-7,12-14,25H,2,8-11,15H2,1H3/p+2. The van der Waals surface area contributed by atoms with Gasteiger partial charge in [0.1, 0.15) is 44.1 Å². The van der Waals surface area contributed by atoms with E-state index in [-0.39, 0.29) is 11.4 Å². The number of quaternary nitrogens is 2. The summed E-state index contributed by atoms with van der Waals surface area (Å²) < 4.78 is 5.46. The van der Waals surface area contributed by atoms with E-state index in [0.29, 0.717) is 11.1 Å². The number of nitrogens with one attached hydrogen (secondary N) is 2. The Morgan fingerprint density at radius 1 is 1.00 bits per heavy atom. The third kappa shape index (κ3) is 3.75. The van der Waals surface area contributed by atoms with Crippen molar-refractivity contribution in [3.63, 3.8) is 0 Å². The van der Waals surface area contributed by atoms with Crippen LogP contribution in [0, 0.1) is 0 Å². The molecule has 27 heavy (non-hydrogen) atoms. The minimum atomic E-state index is -0.334. The molecule has 1 fully saturated rings. The maximum Gasteiger partial charge on any atom is 0.336 e. The van der Waals surface area contributed by atoms with Crippen LogP contribution in [0.1, 0.15) is 12.5 Å². The fourth-order valence-corrected chi connectivity index (χ4v) is 4.01. The first-order valence-electron chi connectivity index (χ1n) is 9.66. The summed E-state index contributed by atoms with van der Waals surface area (Å²) >= 11 is 0. The van der Waals surface area contributed by atoms with Crippen LogP contribution in [0.3, 0.4) is 0 Å². The van der Waals surface area contributed by atoms with Crippen LogP contribution in [0.2, 0.25) is 0 Å². The molecule has 5 nitrogen and oxygen atoms in total. The van der Waals surface area contributed by atoms with E-state index in [1.54, 1.807) is 23.1 Å². The highest BCUT2D eigenvalue weighted by Gasteiger charge is 2.23. The third-order valence-corrected chi connectivity index (χ3v) is 5.64. The van der Waals surface area contributed by atoms with Crippen LogP contribution in [0.4, 0.5) is 0 Å². The molecule has 3 N–H and O–H groups in total. The molecule has 140 valence electrons. The van der Waals surface area contributed by atoms with Gasteiger partial charge in [-0.05, 0) is 24.6 Å². The van der Waals surface area contributed by atoms with Crippen LogP contribution in [0.5, 0.6) is 5.75 Å². The minimum absolute atomic E-state index is 0.207. The van der Waals surface area contributed by atoms with Gasteiger partial charge in [0.15, 0.2) is 0 Å². The smallest absolute Gasteiger partial charge is 0.336 e. The van der Waals surface area contributed by atoms with Crippen molar-refractivity contribution in [3.8, 4) is 16.9 Å². The summed E-state index contributed by atoms with van der Waals surface area (Å²) in [5.41, 5.74) is 2.72. The van der Waals surface area contributed by atoms with Crippen LogP contribution in [0.15, 0.2) is 57.7 Å². The van der Waals surface area contributed by atoms with Gasteiger partial charge in [0.05, 0.1) is 6.54 Å². The van der Waals surface area contributed by atoms with E-state index in [1.165, 1.54) is 11.4 Å². The summed E-state index contributed by atoms with van der Waals surface area (Å²) in [6.07, 6.45) is 0. The summed E-state index contributed by atoms with van der Waals surface area (Å²) in [6.45, 7) is 8.69. The molecule has 1 saturated heterocycles. The van der Waals surface area contributed by atoms with E-state index in [2.05, 4.69) is 6.92 Å². The summed E-state index contributed by atoms with van der Waals surface area (Å²) in [5.74, 6) is 0.207. The average Bonchev–Trinajstić information content (AvgIpc) is 2.69. The predicted octanol–water partition coefficient (Wildman–Crippen LogP) is 0.469. The molecule has 0 radical (unpaired) electrons. The molecule has 0 atom stereocenters. The fraction of sp³-hybridized carbons (Fsp3) is 0.318. The monoisotopic (exact) mass is 366 g/mol. The van der Waals surface area contributed by atoms with Crippen molar-refractivity contribution in [1.82, 2.24) is 0 Å². The third-order valence-electron chi connectivity index (χ3n) is 5.64. The first-order valence-corrected chi connectivity index (χ1v) is 9.66. The van der Waals surface area contributed by atoms with Gasteiger partial charge >= 0.3 is 5.63 Å². The summed E-state index contributed by atoms with van der Waals surface area (Å²) in [4.78, 5) is 15.3. The summed E-state index contributed by atoms with van der Waals surface area (Å²) in [5, 5.41) is 11.4. The predicted molar refractivity (Wildman–Crippen MR) is 105 cm³/mol. The number of benzene rings is 2. The lowest BCUT2D eigenvalue weighted by molar-refractivity contribution is -1.02. The molecule has 5 heteroatoms. The molecule has 0 amide bonds. The lowest BCUT2D eigenvalue weighted by atomic mass is 10.0. The van der Waals surface area contributed by atoms with E-state index in [1.807, 2.05) is 30.3 Å². The lowest BCUT2D eigenvalue weighted by Crippen LogP contribution is -3.27. The first kappa shape index (κ1) is 17.8. The number of rotatable bonds is 4. The Morgan fingerprint density at radius 2 is 1.70 bits per heavy atom. The van der Waals surface area contributed by atoms with Crippen LogP contribution >= 0.6 is 0 Å². The molecule has 1 aliphatic heterocycles. The summed E-state index contributed by atoms with van der Waals surface area (Å²) in [6, 6.07) is 14.7. The van der Waals surface area contributed by atoms with Crippen molar-refractivity contribution in [3.05, 3.63) is 64.5 Å². The second-order valence-electron chi connectivity index (χ2n) is 7.35. The zero-order chi connectivity index (χ0) is 18.8. The van der Waals surface area contributed by atoms with Crippen molar-refractivity contribution in [1.29, 1.82) is 0 Å². The zero-order valence-electron chi connectivity index (χ0n) is 15.6. The Kier molecular flexibility index (Phi) is 4.97. The molecule has 0 spiro atoms. The maximum absolute atomic E-state index is 12.1. The van der Waals surface area contributed by atoms with Crippen LogP contribution < -0.4 is 15.4 Å². The number of phenols is 1. The van der Waals surface area contributed by atoms with Gasteiger partial charge < -0.3 is 19.3 Å². The average molecular weight is 366 g/mol. The van der Waals surface area contributed by atoms with Gasteiger partial charge in [-0.1, -0.05) is 30.3 Å². The maximum atomic E-state index is 12.1. The van der Waals surface area contributed by atoms with E-state index >= 15 is 0 Å². The van der Waals surface area contributed by atoms with Crippen molar-refractivity contribution in [2.75, 3.05) is 32.7 Å². The number of aromatic hydroxyl groups is 1. The first-order chi connectivity index (χ1) is 13.1. The topological polar surface area (TPSA) is 59.3 Å². The van der Waals surface area contributed by atoms with E-state index in [9.17, 15) is 9.90 Å². The van der Waals surface area contributed by atoms with Crippen molar-refractivity contribution < 1.29 is 19.3 Å². The molecule has 2 aromatic carbocycles. The molecule has 0 bridgehead atoms. The Bertz CT molecular complexity index is 990. The molecular formula is C22H26N2O3+2. The number of hydrogen-bond acceptors (Lipinski definition) is 3. The highest BCUT2D eigenvalue weighted by atomic mass is 16.4. The zero-order valence-corrected chi connectivity index (χ0v) is 15.6. The molecule has 4 rings (SSSR count). The van der Waals surface area contributed by atoms with Crippen molar-refractivity contribution in [2.24, 2.45) is 0 Å². The molecule has 1 aromatic heterocycles. The van der Waals surface area contributed by atoms with Gasteiger partial charge in [-0.2, -0.15) is 0 Å². The highest BCUT2D eigenvalue weighted by Crippen LogP contribution is 2.33. The molecule has 0 unspecified atom stereocenters. The molecule has 0 saturated carbocycles. The van der Waals surface area contributed by atoms with Crippen molar-refractivity contribution >= 4 is 11.0 Å². The highest BCUT2D eigenvalue weighted by molar-refractivity contribution is 5.88. The number of phenolic OH excluding ortho intramolecular Hbond substituents is 1. The molecule has 3 aromatic rings. The van der Waals surface area contributed by atoms with Gasteiger partial charge in [0.25, 0.3) is 0 Å². The fourth-order valence-electron chi connectivity index (χ4n) is 4.01. The Balaban J connectivity index is 1.70. The van der Waals surface area contributed by atoms with Crippen LogP contribution in [0.25, 0.3) is 22.1 Å². The largest absolute Gasteiger partial charge is 0.507 e. The number of fused-ring (bicyclic) bond motifs is 1. The molecule has 0 aliphatic carbocycles. The lowest BCUT2D eigenvalue weighted by Gasteiger charge is -2.29. The van der Waals surface area contributed by atoms with E-state index in [4.69, 9.17) is 4.42 Å². The van der Waals surface area contributed by atoms with Gasteiger partial charge in [0, 0.05) is 22.6 Å². The van der Waals surface area contributed by atoms with Gasteiger partial charge in [-0.25, -0.2) is 4.79 Å². The number of likely N-dealkylation sites (N-methyl/N-ethyl adjacent to an activating group) is 1. The summed E-state index contributed by atoms with van der Waals surface area (Å²) in [7, 11) is 0. The molecule has 2 heterocycles.